The van der Waals surface area contributed by atoms with Gasteiger partial charge in [0.1, 0.15) is 5.54 Å². The highest BCUT2D eigenvalue weighted by Gasteiger charge is 2.45. The molecule has 1 aromatic rings. The SMILES string of the molecule is CN(C(=O)CCN1C(=O)c2ccccc2C1=O)C1(C(=O)O)CCCCC1. The van der Waals surface area contributed by atoms with Gasteiger partial charge in [0.2, 0.25) is 5.91 Å². The molecule has 0 saturated heterocycles. The maximum absolute atomic E-state index is 12.6. The van der Waals surface area contributed by atoms with Crippen LogP contribution in [0.15, 0.2) is 24.3 Å². The van der Waals surface area contributed by atoms with Crippen molar-refractivity contribution in [2.24, 2.45) is 0 Å². The summed E-state index contributed by atoms with van der Waals surface area (Å²) >= 11 is 0. The molecule has 1 aliphatic heterocycles. The number of nitrogens with zero attached hydrogens (tertiary/aromatic N) is 2. The van der Waals surface area contributed by atoms with Gasteiger partial charge in [0.05, 0.1) is 11.1 Å². The highest BCUT2D eigenvalue weighted by atomic mass is 16.4. The number of amides is 3. The summed E-state index contributed by atoms with van der Waals surface area (Å²) in [6.45, 7) is -0.0504. The number of fused-ring (bicyclic) bond motifs is 1. The Hall–Kier alpha value is -2.70. The van der Waals surface area contributed by atoms with Crippen LogP contribution in [0, 0.1) is 0 Å². The first-order valence-electron chi connectivity index (χ1n) is 8.84. The van der Waals surface area contributed by atoms with Crippen LogP contribution in [0.25, 0.3) is 0 Å². The maximum atomic E-state index is 12.6. The van der Waals surface area contributed by atoms with Crippen molar-refractivity contribution in [1.29, 1.82) is 0 Å². The Morgan fingerprint density at radius 2 is 1.62 bits per heavy atom. The fraction of sp³-hybridized carbons (Fsp3) is 0.474. The van der Waals surface area contributed by atoms with Gasteiger partial charge < -0.3 is 10.0 Å². The van der Waals surface area contributed by atoms with E-state index in [4.69, 9.17) is 0 Å². The van der Waals surface area contributed by atoms with Crippen molar-refractivity contribution in [1.82, 2.24) is 9.80 Å². The van der Waals surface area contributed by atoms with Crippen LogP contribution < -0.4 is 0 Å². The second kappa shape index (κ2) is 6.90. The second-order valence-electron chi connectivity index (χ2n) is 6.91. The molecule has 138 valence electrons. The summed E-state index contributed by atoms with van der Waals surface area (Å²) in [6, 6.07) is 6.55. The van der Waals surface area contributed by atoms with Crippen molar-refractivity contribution >= 4 is 23.7 Å². The third-order valence-corrected chi connectivity index (χ3v) is 5.52. The van der Waals surface area contributed by atoms with Gasteiger partial charge in [0, 0.05) is 20.0 Å². The minimum atomic E-state index is -1.18. The summed E-state index contributed by atoms with van der Waals surface area (Å²) in [4.78, 5) is 51.5. The summed E-state index contributed by atoms with van der Waals surface area (Å²) in [5.41, 5.74) is -0.502. The zero-order valence-corrected chi connectivity index (χ0v) is 14.7. The zero-order valence-electron chi connectivity index (χ0n) is 14.7. The minimum absolute atomic E-state index is 0.0504. The van der Waals surface area contributed by atoms with Crippen LogP contribution in [0.1, 0.15) is 59.2 Å². The molecule has 0 aromatic heterocycles. The summed E-state index contributed by atoms with van der Waals surface area (Å²) in [7, 11) is 1.50. The average molecular weight is 358 g/mol. The molecule has 1 N–H and O–H groups in total. The molecule has 0 atom stereocenters. The summed E-state index contributed by atoms with van der Waals surface area (Å²) in [5.74, 6) is -2.18. The largest absolute Gasteiger partial charge is 0.479 e. The van der Waals surface area contributed by atoms with Crippen LogP contribution >= 0.6 is 0 Å². The molecule has 3 amide bonds. The van der Waals surface area contributed by atoms with E-state index in [2.05, 4.69) is 0 Å². The van der Waals surface area contributed by atoms with Crippen molar-refractivity contribution in [2.75, 3.05) is 13.6 Å². The number of imide groups is 1. The van der Waals surface area contributed by atoms with Crippen molar-refractivity contribution in [3.63, 3.8) is 0 Å². The molecule has 0 unspecified atom stereocenters. The van der Waals surface area contributed by atoms with Crippen molar-refractivity contribution < 1.29 is 24.3 Å². The quantitative estimate of drug-likeness (QED) is 0.812. The van der Waals surface area contributed by atoms with Crippen LogP contribution in [0.3, 0.4) is 0 Å². The Balaban J connectivity index is 1.68. The topological polar surface area (TPSA) is 95.0 Å². The van der Waals surface area contributed by atoms with E-state index in [0.29, 0.717) is 24.0 Å². The number of rotatable bonds is 5. The molecule has 1 fully saturated rings. The Morgan fingerprint density at radius 1 is 1.08 bits per heavy atom. The predicted octanol–water partition coefficient (Wildman–Crippen LogP) is 1.92. The van der Waals surface area contributed by atoms with Gasteiger partial charge in [-0.25, -0.2) is 4.79 Å². The van der Waals surface area contributed by atoms with Gasteiger partial charge in [-0.3, -0.25) is 19.3 Å². The van der Waals surface area contributed by atoms with Crippen molar-refractivity contribution in [2.45, 2.75) is 44.1 Å². The van der Waals surface area contributed by atoms with E-state index in [1.807, 2.05) is 0 Å². The van der Waals surface area contributed by atoms with E-state index in [0.717, 1.165) is 24.2 Å². The molecule has 3 rings (SSSR count). The van der Waals surface area contributed by atoms with Gasteiger partial charge in [0.25, 0.3) is 11.8 Å². The third kappa shape index (κ3) is 2.87. The zero-order chi connectivity index (χ0) is 18.9. The maximum Gasteiger partial charge on any atom is 0.329 e. The number of carboxylic acid groups (broad SMARTS) is 1. The fourth-order valence-electron chi connectivity index (χ4n) is 3.89. The van der Waals surface area contributed by atoms with E-state index < -0.39 is 23.3 Å². The number of hydrogen-bond acceptors (Lipinski definition) is 4. The number of carboxylic acids is 1. The average Bonchev–Trinajstić information content (AvgIpc) is 2.90. The number of likely N-dealkylation sites (N-methyl/N-ethyl adjacent to an activating group) is 1. The summed E-state index contributed by atoms with van der Waals surface area (Å²) in [6.07, 6.45) is 3.27. The van der Waals surface area contributed by atoms with Crippen LogP contribution in [0.2, 0.25) is 0 Å². The standard InChI is InChI=1S/C19H22N2O5/c1-20(19(18(25)26)10-5-2-6-11-19)15(22)9-12-21-16(23)13-7-3-4-8-14(13)17(21)24/h3-4,7-8H,2,5-6,9-12H2,1H3,(H,25,26). The van der Waals surface area contributed by atoms with Gasteiger partial charge in [0.15, 0.2) is 0 Å². The highest BCUT2D eigenvalue weighted by molar-refractivity contribution is 6.21. The normalized spacial score (nSPS) is 18.6. The molecular weight excluding hydrogens is 336 g/mol. The van der Waals surface area contributed by atoms with Gasteiger partial charge in [-0.05, 0) is 25.0 Å². The molecule has 7 heteroatoms. The van der Waals surface area contributed by atoms with E-state index in [1.54, 1.807) is 24.3 Å². The van der Waals surface area contributed by atoms with Crippen LogP contribution in [0.5, 0.6) is 0 Å². The van der Waals surface area contributed by atoms with Crippen LogP contribution in [-0.2, 0) is 9.59 Å². The van der Waals surface area contributed by atoms with Crippen LogP contribution in [0.4, 0.5) is 0 Å². The smallest absolute Gasteiger partial charge is 0.329 e. The first-order chi connectivity index (χ1) is 12.4. The lowest BCUT2D eigenvalue weighted by Crippen LogP contribution is -2.56. The number of benzene rings is 1. The molecule has 1 heterocycles. The molecule has 1 aromatic carbocycles. The lowest BCUT2D eigenvalue weighted by molar-refractivity contribution is -0.160. The van der Waals surface area contributed by atoms with E-state index in [1.165, 1.54) is 11.9 Å². The molecule has 2 aliphatic rings. The fourth-order valence-corrected chi connectivity index (χ4v) is 3.89. The van der Waals surface area contributed by atoms with Gasteiger partial charge in [-0.15, -0.1) is 0 Å². The van der Waals surface area contributed by atoms with Crippen LogP contribution in [-0.4, -0.2) is 57.7 Å². The first kappa shape index (κ1) is 18.1. The summed E-state index contributed by atoms with van der Waals surface area (Å²) in [5, 5.41) is 9.68. The monoisotopic (exact) mass is 358 g/mol. The highest BCUT2D eigenvalue weighted by Crippen LogP contribution is 2.34. The van der Waals surface area contributed by atoms with Gasteiger partial charge in [-0.1, -0.05) is 31.4 Å². The lowest BCUT2D eigenvalue weighted by Gasteiger charge is -2.41. The van der Waals surface area contributed by atoms with E-state index in [-0.39, 0.29) is 18.9 Å². The van der Waals surface area contributed by atoms with Crippen molar-refractivity contribution in [3.8, 4) is 0 Å². The van der Waals surface area contributed by atoms with Gasteiger partial charge in [-0.2, -0.15) is 0 Å². The minimum Gasteiger partial charge on any atom is -0.479 e. The Labute approximate surface area is 151 Å². The molecule has 1 saturated carbocycles. The Morgan fingerprint density at radius 3 is 2.12 bits per heavy atom. The van der Waals surface area contributed by atoms with E-state index in [9.17, 15) is 24.3 Å². The number of carbonyl (C=O) groups is 4. The third-order valence-electron chi connectivity index (χ3n) is 5.52. The molecule has 1 aliphatic carbocycles. The Kier molecular flexibility index (Phi) is 4.80. The molecule has 7 nitrogen and oxygen atoms in total. The summed E-state index contributed by atoms with van der Waals surface area (Å²) < 4.78 is 0. The number of hydrogen-bond donors (Lipinski definition) is 1. The first-order valence-corrected chi connectivity index (χ1v) is 8.84. The number of carbonyl (C=O) groups excluding carboxylic acids is 3. The molecular formula is C19H22N2O5. The lowest BCUT2D eigenvalue weighted by atomic mass is 9.80. The molecule has 0 radical (unpaired) electrons. The second-order valence-corrected chi connectivity index (χ2v) is 6.91. The van der Waals surface area contributed by atoms with E-state index >= 15 is 0 Å². The number of aliphatic carboxylic acids is 1. The molecule has 0 spiro atoms. The van der Waals surface area contributed by atoms with Crippen molar-refractivity contribution in [3.05, 3.63) is 35.4 Å². The Bertz CT molecular complexity index is 732. The molecule has 0 bridgehead atoms. The van der Waals surface area contributed by atoms with Gasteiger partial charge >= 0.3 is 5.97 Å². The molecule has 26 heavy (non-hydrogen) atoms. The predicted molar refractivity (Wildman–Crippen MR) is 92.6 cm³/mol.